The van der Waals surface area contributed by atoms with Gasteiger partial charge in [0.2, 0.25) is 0 Å². The van der Waals surface area contributed by atoms with Gasteiger partial charge in [-0.3, -0.25) is 0 Å². The lowest BCUT2D eigenvalue weighted by atomic mass is 10.1. The van der Waals surface area contributed by atoms with Gasteiger partial charge in [0.1, 0.15) is 0 Å². The molecule has 23 heavy (non-hydrogen) atoms. The molecule has 0 spiro atoms. The molecule has 0 atom stereocenters. The lowest BCUT2D eigenvalue weighted by Crippen LogP contribution is -2.34. The molecule has 0 radical (unpaired) electrons. The van der Waals surface area contributed by atoms with E-state index in [2.05, 4.69) is 48.3 Å². The third-order valence-corrected chi connectivity index (χ3v) is 4.47. The molecule has 0 aliphatic carbocycles. The average Bonchev–Trinajstić information content (AvgIpc) is 2.52. The van der Waals surface area contributed by atoms with Crippen molar-refractivity contribution in [3.63, 3.8) is 0 Å². The van der Waals surface area contributed by atoms with Crippen LogP contribution >= 0.6 is 23.8 Å². The number of rotatable bonds is 5. The van der Waals surface area contributed by atoms with Crippen LogP contribution in [0.2, 0.25) is 5.02 Å². The predicted octanol–water partition coefficient (Wildman–Crippen LogP) is 5.57. The highest BCUT2D eigenvalue weighted by molar-refractivity contribution is 7.80. The minimum atomic E-state index is 0.729. The van der Waals surface area contributed by atoms with E-state index in [9.17, 15) is 0 Å². The highest BCUT2D eigenvalue weighted by Crippen LogP contribution is 2.20. The third kappa shape index (κ3) is 5.22. The van der Waals surface area contributed by atoms with E-state index in [0.29, 0.717) is 0 Å². The van der Waals surface area contributed by atoms with Gasteiger partial charge in [-0.15, -0.1) is 0 Å². The molecule has 4 heteroatoms. The smallest absolute Gasteiger partial charge is 0.173 e. The molecule has 1 N–H and O–H groups in total. The maximum atomic E-state index is 6.19. The van der Waals surface area contributed by atoms with Crippen molar-refractivity contribution in [3.05, 3.63) is 64.2 Å². The van der Waals surface area contributed by atoms with Crippen molar-refractivity contribution in [1.82, 2.24) is 4.90 Å². The molecule has 0 saturated carbocycles. The van der Waals surface area contributed by atoms with Gasteiger partial charge in [-0.05, 0) is 55.7 Å². The summed E-state index contributed by atoms with van der Waals surface area (Å²) in [6.07, 6.45) is 1.04. The van der Waals surface area contributed by atoms with Gasteiger partial charge in [0.05, 0.1) is 0 Å². The fraction of sp³-hybridized carbons (Fsp3) is 0.316. The Hall–Kier alpha value is -1.58. The van der Waals surface area contributed by atoms with E-state index in [1.54, 1.807) is 0 Å². The van der Waals surface area contributed by atoms with Crippen LogP contribution in [0.3, 0.4) is 0 Å². The van der Waals surface area contributed by atoms with E-state index in [1.807, 2.05) is 25.1 Å². The maximum absolute atomic E-state index is 6.19. The zero-order valence-electron chi connectivity index (χ0n) is 13.9. The minimum Gasteiger partial charge on any atom is -0.345 e. The largest absolute Gasteiger partial charge is 0.345 e. The molecule has 0 heterocycles. The van der Waals surface area contributed by atoms with Gasteiger partial charge < -0.3 is 10.2 Å². The number of halogens is 1. The normalized spacial score (nSPS) is 10.4. The van der Waals surface area contributed by atoms with Crippen LogP contribution in [0.5, 0.6) is 0 Å². The fourth-order valence-corrected chi connectivity index (χ4v) is 2.76. The maximum Gasteiger partial charge on any atom is 0.173 e. The molecule has 0 fully saturated rings. The van der Waals surface area contributed by atoms with Crippen molar-refractivity contribution in [2.75, 3.05) is 11.9 Å². The lowest BCUT2D eigenvalue weighted by molar-refractivity contribution is 0.418. The topological polar surface area (TPSA) is 15.3 Å². The van der Waals surface area contributed by atoms with Crippen molar-refractivity contribution in [3.8, 4) is 0 Å². The van der Waals surface area contributed by atoms with Crippen molar-refractivity contribution in [2.45, 2.75) is 33.7 Å². The molecule has 0 aliphatic heterocycles. The van der Waals surface area contributed by atoms with E-state index in [4.69, 9.17) is 23.8 Å². The van der Waals surface area contributed by atoms with Gasteiger partial charge in [-0.1, -0.05) is 54.4 Å². The van der Waals surface area contributed by atoms with E-state index in [1.165, 1.54) is 11.1 Å². The first-order valence-corrected chi connectivity index (χ1v) is 8.66. The molecule has 2 aromatic rings. The number of aryl methyl sites for hydroxylation is 2. The lowest BCUT2D eigenvalue weighted by Gasteiger charge is -2.26. The van der Waals surface area contributed by atoms with Crippen LogP contribution < -0.4 is 5.32 Å². The van der Waals surface area contributed by atoms with E-state index in [-0.39, 0.29) is 0 Å². The van der Waals surface area contributed by atoms with Crippen LogP contribution in [0.1, 0.15) is 30.0 Å². The summed E-state index contributed by atoms with van der Waals surface area (Å²) in [4.78, 5) is 2.19. The van der Waals surface area contributed by atoms with Gasteiger partial charge in [-0.2, -0.15) is 0 Å². The number of hydrogen-bond donors (Lipinski definition) is 1. The van der Waals surface area contributed by atoms with Crippen LogP contribution in [0.15, 0.2) is 42.5 Å². The summed E-state index contributed by atoms with van der Waals surface area (Å²) < 4.78 is 0. The molecular weight excluding hydrogens is 324 g/mol. The monoisotopic (exact) mass is 346 g/mol. The molecule has 2 aromatic carbocycles. The molecule has 0 aromatic heterocycles. The Balaban J connectivity index is 2.08. The second-order valence-corrected chi connectivity index (χ2v) is 6.60. The number of benzene rings is 2. The Bertz CT molecular complexity index is 668. The second-order valence-electron chi connectivity index (χ2n) is 5.80. The van der Waals surface area contributed by atoms with Crippen LogP contribution in [0.25, 0.3) is 0 Å². The molecule has 0 unspecified atom stereocenters. The van der Waals surface area contributed by atoms with E-state index >= 15 is 0 Å². The van der Waals surface area contributed by atoms with Crippen molar-refractivity contribution >= 4 is 34.6 Å². The Morgan fingerprint density at radius 1 is 1.13 bits per heavy atom. The summed E-state index contributed by atoms with van der Waals surface area (Å²) in [5, 5.41) is 4.78. The molecule has 0 amide bonds. The Kier molecular flexibility index (Phi) is 6.43. The summed E-state index contributed by atoms with van der Waals surface area (Å²) >= 11 is 11.8. The zero-order chi connectivity index (χ0) is 16.8. The number of anilines is 1. The predicted molar refractivity (Wildman–Crippen MR) is 104 cm³/mol. The molecule has 0 bridgehead atoms. The summed E-state index contributed by atoms with van der Waals surface area (Å²) in [5.74, 6) is 0. The van der Waals surface area contributed by atoms with Crippen LogP contribution in [0.4, 0.5) is 5.69 Å². The van der Waals surface area contributed by atoms with Crippen LogP contribution in [-0.2, 0) is 6.54 Å². The Morgan fingerprint density at radius 3 is 2.43 bits per heavy atom. The number of thiocarbonyl (C=S) groups is 1. The Morgan fingerprint density at radius 2 is 1.83 bits per heavy atom. The SMILES string of the molecule is CCCN(Cc1ccc(C)cc1)C(=S)Nc1ccc(C)c(Cl)c1. The van der Waals surface area contributed by atoms with Gasteiger partial charge in [-0.25, -0.2) is 0 Å². The number of nitrogens with zero attached hydrogens (tertiary/aromatic N) is 1. The summed E-state index contributed by atoms with van der Waals surface area (Å²) in [5.41, 5.74) is 4.52. The first-order valence-electron chi connectivity index (χ1n) is 7.87. The van der Waals surface area contributed by atoms with Crippen molar-refractivity contribution < 1.29 is 0 Å². The average molecular weight is 347 g/mol. The van der Waals surface area contributed by atoms with Crippen LogP contribution in [-0.4, -0.2) is 16.6 Å². The van der Waals surface area contributed by atoms with Crippen molar-refractivity contribution in [1.29, 1.82) is 0 Å². The second kappa shape index (κ2) is 8.32. The molecule has 122 valence electrons. The van der Waals surface area contributed by atoms with E-state index < -0.39 is 0 Å². The fourth-order valence-electron chi connectivity index (χ4n) is 2.31. The van der Waals surface area contributed by atoms with Gasteiger partial charge in [0.25, 0.3) is 0 Å². The summed E-state index contributed by atoms with van der Waals surface area (Å²) in [6.45, 7) is 7.97. The first kappa shape index (κ1) is 17.8. The number of hydrogen-bond acceptors (Lipinski definition) is 1. The molecule has 2 rings (SSSR count). The number of nitrogens with one attached hydrogen (secondary N) is 1. The molecule has 0 aliphatic rings. The summed E-state index contributed by atoms with van der Waals surface area (Å²) in [6, 6.07) is 14.5. The third-order valence-electron chi connectivity index (χ3n) is 3.70. The summed E-state index contributed by atoms with van der Waals surface area (Å²) in [7, 11) is 0. The van der Waals surface area contributed by atoms with E-state index in [0.717, 1.165) is 40.9 Å². The highest BCUT2D eigenvalue weighted by Gasteiger charge is 2.10. The molecule has 2 nitrogen and oxygen atoms in total. The highest BCUT2D eigenvalue weighted by atomic mass is 35.5. The van der Waals surface area contributed by atoms with Gasteiger partial charge in [0.15, 0.2) is 5.11 Å². The standard InChI is InChI=1S/C19H23ClN2S/c1-4-11-22(13-16-8-5-14(2)6-9-16)19(23)21-17-10-7-15(3)18(20)12-17/h5-10,12H,4,11,13H2,1-3H3,(H,21,23). The zero-order valence-corrected chi connectivity index (χ0v) is 15.5. The molecular formula is C19H23ClN2S. The van der Waals surface area contributed by atoms with Crippen LogP contribution in [0, 0.1) is 13.8 Å². The molecule has 0 saturated heterocycles. The quantitative estimate of drug-likeness (QED) is 0.713. The van der Waals surface area contributed by atoms with Gasteiger partial charge in [0, 0.05) is 23.8 Å². The van der Waals surface area contributed by atoms with Crippen molar-refractivity contribution in [2.24, 2.45) is 0 Å². The minimum absolute atomic E-state index is 0.729. The first-order chi connectivity index (χ1) is 11.0. The van der Waals surface area contributed by atoms with Gasteiger partial charge >= 0.3 is 0 Å². The Labute approximate surface area is 149 Å².